The fourth-order valence-corrected chi connectivity index (χ4v) is 2.71. The van der Waals surface area contributed by atoms with Crippen LogP contribution in [0.15, 0.2) is 11.8 Å². The van der Waals surface area contributed by atoms with Crippen molar-refractivity contribution >= 4 is 0 Å². The Labute approximate surface area is 164 Å². The molecule has 27 heavy (non-hydrogen) atoms. The number of allylic oxidation sites excluding steroid dienone is 1. The minimum atomic E-state index is -0.997. The van der Waals surface area contributed by atoms with Gasteiger partial charge >= 0.3 is 0 Å². The molecule has 0 saturated carbocycles. The standard InChI is InChI=1S/C21H38O6/c1-19(2,22)20(3,4)27-26-18-10-8-9-17(13-18)25-12-7-6-11-23-14-21(5)15-24-16-21/h13,17,22H,6-12,14-16H2,1-5H3. The van der Waals surface area contributed by atoms with Crippen molar-refractivity contribution in [2.45, 2.75) is 84.0 Å². The number of aliphatic hydroxyl groups is 1. The van der Waals surface area contributed by atoms with Gasteiger partial charge in [-0.3, -0.25) is 0 Å². The van der Waals surface area contributed by atoms with E-state index in [2.05, 4.69) is 6.92 Å². The molecule has 2 aliphatic rings. The van der Waals surface area contributed by atoms with E-state index in [0.717, 1.165) is 64.3 Å². The molecule has 1 heterocycles. The highest BCUT2D eigenvalue weighted by Crippen LogP contribution is 2.29. The normalized spacial score (nSPS) is 22.9. The summed E-state index contributed by atoms with van der Waals surface area (Å²) in [5.74, 6) is 0.780. The second-order valence-electron chi connectivity index (χ2n) is 9.23. The second kappa shape index (κ2) is 9.70. The molecule has 0 radical (unpaired) electrons. The summed E-state index contributed by atoms with van der Waals surface area (Å²) in [7, 11) is 0. The highest BCUT2D eigenvalue weighted by atomic mass is 17.2. The average molecular weight is 387 g/mol. The first-order valence-electron chi connectivity index (χ1n) is 10.2. The first-order chi connectivity index (χ1) is 12.6. The van der Waals surface area contributed by atoms with Gasteiger partial charge in [0, 0.05) is 25.0 Å². The van der Waals surface area contributed by atoms with Crippen LogP contribution in [0.5, 0.6) is 0 Å². The van der Waals surface area contributed by atoms with Crippen LogP contribution in [0.25, 0.3) is 0 Å². The molecule has 0 spiro atoms. The zero-order chi connectivity index (χ0) is 20.0. The van der Waals surface area contributed by atoms with Crippen LogP contribution in [0.1, 0.15) is 66.7 Å². The van der Waals surface area contributed by atoms with Gasteiger partial charge in [-0.05, 0) is 59.5 Å². The lowest BCUT2D eigenvalue weighted by atomic mass is 9.90. The molecule has 2 rings (SSSR count). The van der Waals surface area contributed by atoms with E-state index >= 15 is 0 Å². The van der Waals surface area contributed by atoms with Crippen LogP contribution in [0.2, 0.25) is 0 Å². The van der Waals surface area contributed by atoms with Gasteiger partial charge in [0.15, 0.2) is 0 Å². The van der Waals surface area contributed by atoms with Crippen molar-refractivity contribution in [3.05, 3.63) is 11.8 Å². The molecular formula is C21H38O6. The third-order valence-corrected chi connectivity index (χ3v) is 5.48. The average Bonchev–Trinajstić information content (AvgIpc) is 2.57. The van der Waals surface area contributed by atoms with E-state index in [1.54, 1.807) is 13.8 Å². The SMILES string of the molecule is CC1(COCCCCOC2C=C(OOC(C)(C)C(C)(C)O)CCC2)COC1. The van der Waals surface area contributed by atoms with E-state index in [0.29, 0.717) is 6.61 Å². The Morgan fingerprint density at radius 3 is 2.52 bits per heavy atom. The predicted molar refractivity (Wildman–Crippen MR) is 103 cm³/mol. The summed E-state index contributed by atoms with van der Waals surface area (Å²) in [6.07, 6.45) is 6.88. The first-order valence-corrected chi connectivity index (χ1v) is 10.2. The van der Waals surface area contributed by atoms with Crippen molar-refractivity contribution in [2.24, 2.45) is 5.41 Å². The molecule has 0 aromatic heterocycles. The Balaban J connectivity index is 1.58. The lowest BCUT2D eigenvalue weighted by Crippen LogP contribution is -2.47. The van der Waals surface area contributed by atoms with E-state index in [4.69, 9.17) is 24.0 Å². The highest BCUT2D eigenvalue weighted by Gasteiger charge is 2.38. The molecule has 6 nitrogen and oxygen atoms in total. The van der Waals surface area contributed by atoms with Crippen LogP contribution in [-0.2, 0) is 24.0 Å². The van der Waals surface area contributed by atoms with Crippen molar-refractivity contribution in [3.63, 3.8) is 0 Å². The summed E-state index contributed by atoms with van der Waals surface area (Å²) in [6, 6.07) is 0. The third-order valence-electron chi connectivity index (χ3n) is 5.48. The Kier molecular flexibility index (Phi) is 8.13. The fraction of sp³-hybridized carbons (Fsp3) is 0.905. The number of ether oxygens (including phenoxy) is 3. The van der Waals surface area contributed by atoms with Gasteiger partial charge in [-0.2, -0.15) is 4.89 Å². The molecule has 1 atom stereocenters. The minimum Gasteiger partial charge on any atom is -0.387 e. The summed E-state index contributed by atoms with van der Waals surface area (Å²) in [5.41, 5.74) is -1.57. The van der Waals surface area contributed by atoms with Gasteiger partial charge in [-0.25, -0.2) is 0 Å². The summed E-state index contributed by atoms with van der Waals surface area (Å²) < 4.78 is 16.9. The van der Waals surface area contributed by atoms with Crippen LogP contribution < -0.4 is 0 Å². The smallest absolute Gasteiger partial charge is 0.141 e. The topological polar surface area (TPSA) is 66.4 Å². The molecule has 6 heteroatoms. The molecule has 1 fully saturated rings. The van der Waals surface area contributed by atoms with Crippen LogP contribution >= 0.6 is 0 Å². The zero-order valence-corrected chi connectivity index (χ0v) is 17.7. The maximum Gasteiger partial charge on any atom is 0.141 e. The van der Waals surface area contributed by atoms with Crippen molar-refractivity contribution in [3.8, 4) is 0 Å². The molecule has 0 aromatic rings. The third kappa shape index (κ3) is 7.35. The molecule has 1 N–H and O–H groups in total. The largest absolute Gasteiger partial charge is 0.387 e. The van der Waals surface area contributed by atoms with Crippen molar-refractivity contribution in [2.75, 3.05) is 33.0 Å². The molecule has 1 unspecified atom stereocenters. The van der Waals surface area contributed by atoms with Crippen molar-refractivity contribution in [1.82, 2.24) is 0 Å². The number of hydrogen-bond donors (Lipinski definition) is 1. The molecule has 0 aromatic carbocycles. The summed E-state index contributed by atoms with van der Waals surface area (Å²) in [4.78, 5) is 11.0. The van der Waals surface area contributed by atoms with Gasteiger partial charge < -0.3 is 24.2 Å². The molecule has 1 aliphatic carbocycles. The van der Waals surface area contributed by atoms with Gasteiger partial charge in [0.25, 0.3) is 0 Å². The lowest BCUT2D eigenvalue weighted by molar-refractivity contribution is -0.360. The lowest BCUT2D eigenvalue weighted by Gasteiger charge is -2.37. The van der Waals surface area contributed by atoms with Crippen LogP contribution in [0, 0.1) is 5.41 Å². The van der Waals surface area contributed by atoms with Crippen LogP contribution in [0.3, 0.4) is 0 Å². The molecule has 1 saturated heterocycles. The maximum atomic E-state index is 10.1. The highest BCUT2D eigenvalue weighted by molar-refractivity contribution is 5.02. The molecule has 158 valence electrons. The van der Waals surface area contributed by atoms with Gasteiger partial charge in [0.2, 0.25) is 0 Å². The Morgan fingerprint density at radius 2 is 1.89 bits per heavy atom. The second-order valence-corrected chi connectivity index (χ2v) is 9.23. The van der Waals surface area contributed by atoms with Crippen LogP contribution in [-0.4, -0.2) is 55.4 Å². The fourth-order valence-electron chi connectivity index (χ4n) is 2.71. The van der Waals surface area contributed by atoms with Crippen molar-refractivity contribution < 1.29 is 29.1 Å². The Hall–Kier alpha value is -0.660. The van der Waals surface area contributed by atoms with E-state index in [1.807, 2.05) is 19.9 Å². The molecule has 0 amide bonds. The maximum absolute atomic E-state index is 10.1. The van der Waals surface area contributed by atoms with E-state index < -0.39 is 11.2 Å². The van der Waals surface area contributed by atoms with Crippen LogP contribution in [0.4, 0.5) is 0 Å². The first kappa shape index (κ1) is 22.6. The minimum absolute atomic E-state index is 0.0644. The number of rotatable bonds is 12. The Bertz CT molecular complexity index is 476. The van der Waals surface area contributed by atoms with E-state index in [9.17, 15) is 5.11 Å². The zero-order valence-electron chi connectivity index (χ0n) is 17.7. The summed E-state index contributed by atoms with van der Waals surface area (Å²) in [6.45, 7) is 13.1. The molecule has 0 bridgehead atoms. The summed E-state index contributed by atoms with van der Waals surface area (Å²) in [5, 5.41) is 10.1. The van der Waals surface area contributed by atoms with Crippen molar-refractivity contribution in [1.29, 1.82) is 0 Å². The van der Waals surface area contributed by atoms with Gasteiger partial charge in [-0.15, -0.1) is 0 Å². The summed E-state index contributed by atoms with van der Waals surface area (Å²) >= 11 is 0. The number of unbranched alkanes of at least 4 members (excludes halogenated alkanes) is 1. The number of hydrogen-bond acceptors (Lipinski definition) is 6. The molecular weight excluding hydrogens is 348 g/mol. The van der Waals surface area contributed by atoms with E-state index in [1.165, 1.54) is 0 Å². The van der Waals surface area contributed by atoms with E-state index in [-0.39, 0.29) is 11.5 Å². The monoisotopic (exact) mass is 386 g/mol. The Morgan fingerprint density at radius 1 is 1.19 bits per heavy atom. The van der Waals surface area contributed by atoms with Gasteiger partial charge in [-0.1, -0.05) is 6.92 Å². The predicted octanol–water partition coefficient (Wildman–Crippen LogP) is 3.77. The van der Waals surface area contributed by atoms with Gasteiger partial charge in [0.05, 0.1) is 31.5 Å². The molecule has 1 aliphatic heterocycles. The van der Waals surface area contributed by atoms with Gasteiger partial charge in [0.1, 0.15) is 11.4 Å². The quantitative estimate of drug-likeness (QED) is 0.313.